The van der Waals surface area contributed by atoms with E-state index in [-0.39, 0.29) is 35.3 Å². The summed E-state index contributed by atoms with van der Waals surface area (Å²) in [7, 11) is 0. The fourth-order valence-corrected chi connectivity index (χ4v) is 4.43. The lowest BCUT2D eigenvalue weighted by molar-refractivity contribution is -0.113. The van der Waals surface area contributed by atoms with Gasteiger partial charge in [-0.2, -0.15) is 0 Å². The molecule has 3 rings (SSSR count). The maximum absolute atomic E-state index is 13.1. The van der Waals surface area contributed by atoms with E-state index >= 15 is 0 Å². The molecule has 2 amide bonds. The largest absolute Gasteiger partial charge is 0.342 e. The smallest absolute Gasteiger partial charge is 0.253 e. The van der Waals surface area contributed by atoms with Crippen molar-refractivity contribution in [3.05, 3.63) is 70.8 Å². The molecule has 0 fully saturated rings. The summed E-state index contributed by atoms with van der Waals surface area (Å²) in [6, 6.07) is 12.1. The van der Waals surface area contributed by atoms with E-state index in [0.717, 1.165) is 0 Å². The highest BCUT2D eigenvalue weighted by molar-refractivity contribution is 7.99. The molecule has 2 N–H and O–H groups in total. The molecule has 7 nitrogen and oxygen atoms in total. The summed E-state index contributed by atoms with van der Waals surface area (Å²) < 4.78 is 14.9. The van der Waals surface area contributed by atoms with Crippen LogP contribution in [0.4, 0.5) is 10.1 Å². The predicted octanol–water partition coefficient (Wildman–Crippen LogP) is 5.34. The zero-order valence-corrected chi connectivity index (χ0v) is 20.8. The number of hydrogen-bond donors (Lipinski definition) is 2. The fraction of sp³-hybridized carbons (Fsp3) is 0.333. The number of anilines is 1. The molecule has 3 aromatic rings. The molecule has 0 unspecified atom stereocenters. The van der Waals surface area contributed by atoms with Crippen molar-refractivity contribution < 1.29 is 14.0 Å². The van der Waals surface area contributed by atoms with Gasteiger partial charge in [-0.3, -0.25) is 9.59 Å². The Kier molecular flexibility index (Phi) is 9.06. The molecule has 1 aromatic heterocycles. The average Bonchev–Trinajstić information content (AvgIpc) is 3.21. The number of benzene rings is 2. The highest BCUT2D eigenvalue weighted by Gasteiger charge is 2.25. The minimum absolute atomic E-state index is 0.107. The number of thioether (sulfide) groups is 1. The van der Waals surface area contributed by atoms with E-state index in [0.29, 0.717) is 40.2 Å². The van der Waals surface area contributed by atoms with Gasteiger partial charge < -0.3 is 15.2 Å². The molecule has 0 spiro atoms. The average molecular weight is 504 g/mol. The zero-order valence-electron chi connectivity index (χ0n) is 19.2. The Morgan fingerprint density at radius 3 is 2.47 bits per heavy atom. The number of amides is 2. The number of hydrogen-bond acceptors (Lipinski definition) is 5. The van der Waals surface area contributed by atoms with E-state index in [4.69, 9.17) is 11.6 Å². The summed E-state index contributed by atoms with van der Waals surface area (Å²) in [4.78, 5) is 25.3. The maximum atomic E-state index is 13.1. The number of rotatable bonds is 10. The number of carbonyl (C=O) groups excluding carboxylic acids is 2. The van der Waals surface area contributed by atoms with Crippen LogP contribution in [0.25, 0.3) is 0 Å². The first kappa shape index (κ1) is 25.7. The molecule has 2 aromatic carbocycles. The van der Waals surface area contributed by atoms with Gasteiger partial charge in [-0.1, -0.05) is 49.3 Å². The summed E-state index contributed by atoms with van der Waals surface area (Å²) >= 11 is 7.45. The van der Waals surface area contributed by atoms with Crippen molar-refractivity contribution in [1.82, 2.24) is 20.1 Å². The van der Waals surface area contributed by atoms with Crippen molar-refractivity contribution in [2.45, 2.75) is 44.9 Å². The van der Waals surface area contributed by atoms with Crippen LogP contribution in [-0.2, 0) is 11.3 Å². The minimum Gasteiger partial charge on any atom is -0.342 e. The zero-order chi connectivity index (χ0) is 24.7. The molecule has 0 aliphatic carbocycles. The Hall–Kier alpha value is -2.91. The summed E-state index contributed by atoms with van der Waals surface area (Å²) in [6.07, 6.45) is 0.657. The van der Waals surface area contributed by atoms with Gasteiger partial charge in [-0.05, 0) is 55.7 Å². The summed E-state index contributed by atoms with van der Waals surface area (Å²) in [5.41, 5.74) is 0.913. The Labute approximate surface area is 207 Å². The van der Waals surface area contributed by atoms with Crippen molar-refractivity contribution in [1.29, 1.82) is 0 Å². The van der Waals surface area contributed by atoms with E-state index in [9.17, 15) is 14.0 Å². The van der Waals surface area contributed by atoms with Crippen LogP contribution in [0, 0.1) is 11.7 Å². The second kappa shape index (κ2) is 12.0. The molecular formula is C24H27ClFN5O2S. The van der Waals surface area contributed by atoms with Gasteiger partial charge >= 0.3 is 0 Å². The van der Waals surface area contributed by atoms with Gasteiger partial charge in [-0.25, -0.2) is 4.39 Å². The molecule has 1 heterocycles. The molecule has 10 heteroatoms. The van der Waals surface area contributed by atoms with Gasteiger partial charge in [0.05, 0.1) is 22.4 Å². The van der Waals surface area contributed by atoms with Crippen molar-refractivity contribution >= 4 is 40.9 Å². The van der Waals surface area contributed by atoms with Crippen molar-refractivity contribution in [2.24, 2.45) is 5.92 Å². The lowest BCUT2D eigenvalue weighted by atomic mass is 10.0. The van der Waals surface area contributed by atoms with Crippen LogP contribution in [0.15, 0.2) is 53.7 Å². The van der Waals surface area contributed by atoms with Gasteiger partial charge in [0.25, 0.3) is 5.91 Å². The molecule has 0 saturated heterocycles. The number of halogens is 2. The maximum Gasteiger partial charge on any atom is 0.253 e. The van der Waals surface area contributed by atoms with Crippen LogP contribution in [0.1, 0.15) is 49.4 Å². The standard InChI is InChI=1S/C24H27ClFN5O2S/c1-4-31-22(20(13-15(2)3)28-23(33)18-7-5-6-8-19(18)25)29-30-24(31)34-14-21(32)27-17-11-9-16(26)10-12-17/h5-12,15,20H,4,13-14H2,1-3H3,(H,27,32)(H,28,33)/t20-/m1/s1. The molecule has 180 valence electrons. The Morgan fingerprint density at radius 2 is 1.82 bits per heavy atom. The second-order valence-corrected chi connectivity index (χ2v) is 9.41. The molecule has 0 saturated carbocycles. The van der Waals surface area contributed by atoms with Crippen molar-refractivity contribution in [3.63, 3.8) is 0 Å². The quantitative estimate of drug-likeness (QED) is 0.365. The van der Waals surface area contributed by atoms with E-state index in [2.05, 4.69) is 34.7 Å². The highest BCUT2D eigenvalue weighted by Crippen LogP contribution is 2.26. The molecule has 1 atom stereocenters. The van der Waals surface area contributed by atoms with Crippen LogP contribution >= 0.6 is 23.4 Å². The van der Waals surface area contributed by atoms with Gasteiger partial charge in [-0.15, -0.1) is 10.2 Å². The molecule has 0 aliphatic rings. The second-order valence-electron chi connectivity index (χ2n) is 8.06. The Balaban J connectivity index is 1.73. The normalized spacial score (nSPS) is 11.9. The third kappa shape index (κ3) is 6.80. The molecule has 34 heavy (non-hydrogen) atoms. The fourth-order valence-electron chi connectivity index (χ4n) is 3.40. The summed E-state index contributed by atoms with van der Waals surface area (Å²) in [5.74, 6) is 0.128. The predicted molar refractivity (Wildman–Crippen MR) is 133 cm³/mol. The first-order chi connectivity index (χ1) is 16.3. The van der Waals surface area contributed by atoms with E-state index in [1.807, 2.05) is 11.5 Å². The van der Waals surface area contributed by atoms with E-state index in [1.54, 1.807) is 24.3 Å². The Morgan fingerprint density at radius 1 is 1.12 bits per heavy atom. The third-order valence-electron chi connectivity index (χ3n) is 4.96. The van der Waals surface area contributed by atoms with Crippen LogP contribution in [-0.4, -0.2) is 32.3 Å². The van der Waals surface area contributed by atoms with Crippen LogP contribution in [0.2, 0.25) is 5.02 Å². The number of nitrogens with one attached hydrogen (secondary N) is 2. The minimum atomic E-state index is -0.376. The number of nitrogens with zero attached hydrogens (tertiary/aromatic N) is 3. The lowest BCUT2D eigenvalue weighted by Gasteiger charge is -2.21. The van der Waals surface area contributed by atoms with Crippen LogP contribution in [0.3, 0.4) is 0 Å². The summed E-state index contributed by atoms with van der Waals surface area (Å²) in [5, 5.41) is 15.4. The molecule has 0 bridgehead atoms. The first-order valence-corrected chi connectivity index (χ1v) is 12.3. The third-order valence-corrected chi connectivity index (χ3v) is 6.26. The topological polar surface area (TPSA) is 88.9 Å². The van der Waals surface area contributed by atoms with E-state index < -0.39 is 0 Å². The van der Waals surface area contributed by atoms with E-state index in [1.165, 1.54) is 36.0 Å². The van der Waals surface area contributed by atoms with Gasteiger partial charge in [0, 0.05) is 12.2 Å². The lowest BCUT2D eigenvalue weighted by Crippen LogP contribution is -2.31. The molecule has 0 radical (unpaired) electrons. The molecular weight excluding hydrogens is 477 g/mol. The van der Waals surface area contributed by atoms with Crippen LogP contribution in [0.5, 0.6) is 0 Å². The van der Waals surface area contributed by atoms with Crippen molar-refractivity contribution in [3.8, 4) is 0 Å². The monoisotopic (exact) mass is 503 g/mol. The first-order valence-electron chi connectivity index (χ1n) is 10.9. The van der Waals surface area contributed by atoms with Crippen molar-refractivity contribution in [2.75, 3.05) is 11.1 Å². The SMILES string of the molecule is CCn1c(SCC(=O)Nc2ccc(F)cc2)nnc1[C@@H](CC(C)C)NC(=O)c1ccccc1Cl. The highest BCUT2D eigenvalue weighted by atomic mass is 35.5. The van der Waals surface area contributed by atoms with Crippen LogP contribution < -0.4 is 10.6 Å². The summed E-state index contributed by atoms with van der Waals surface area (Å²) in [6.45, 7) is 6.66. The van der Waals surface area contributed by atoms with Gasteiger partial charge in [0.2, 0.25) is 5.91 Å². The number of aromatic nitrogens is 3. The number of carbonyl (C=O) groups is 2. The Bertz CT molecular complexity index is 1140. The van der Waals surface area contributed by atoms with Gasteiger partial charge in [0.15, 0.2) is 11.0 Å². The van der Waals surface area contributed by atoms with Gasteiger partial charge in [0.1, 0.15) is 5.82 Å². The molecule has 0 aliphatic heterocycles.